The summed E-state index contributed by atoms with van der Waals surface area (Å²) >= 11 is 1.32. The second-order valence-corrected chi connectivity index (χ2v) is 9.89. The van der Waals surface area contributed by atoms with Gasteiger partial charge in [0.25, 0.3) is 0 Å². The maximum Gasteiger partial charge on any atom is 0.217 e. The van der Waals surface area contributed by atoms with Gasteiger partial charge in [-0.2, -0.15) is 0 Å². The maximum absolute atomic E-state index is 11.7. The predicted octanol–water partition coefficient (Wildman–Crippen LogP) is -1.27. The molecule has 2 fully saturated rings. The molecule has 0 unspecified atom stereocenters. The fourth-order valence-electron chi connectivity index (χ4n) is 4.11. The number of amides is 1. The molecule has 1 amide bonds. The third-order valence-electron chi connectivity index (χ3n) is 5.91. The Kier molecular flexibility index (Phi) is 10.7. The summed E-state index contributed by atoms with van der Waals surface area (Å²) in [7, 11) is 0. The number of nitrogens with one attached hydrogen (secondary N) is 1. The molecule has 3 rings (SSSR count). The first-order valence-electron chi connectivity index (χ1n) is 11.6. The zero-order chi connectivity index (χ0) is 25.5. The Labute approximate surface area is 208 Å². The highest BCUT2D eigenvalue weighted by atomic mass is 32.2. The van der Waals surface area contributed by atoms with E-state index in [9.17, 15) is 30.3 Å². The Balaban J connectivity index is 1.75. The molecule has 198 valence electrons. The van der Waals surface area contributed by atoms with Crippen molar-refractivity contribution in [1.29, 1.82) is 0 Å². The second-order valence-electron chi connectivity index (χ2n) is 8.51. The largest absolute Gasteiger partial charge is 0.394 e. The number of carbonyl (C=O) groups excluding carboxylic acids is 1. The predicted molar refractivity (Wildman–Crippen MR) is 125 cm³/mol. The lowest BCUT2D eigenvalue weighted by molar-refractivity contribution is -0.317. The summed E-state index contributed by atoms with van der Waals surface area (Å²) in [5.41, 5.74) is 0.201. The first-order valence-corrected chi connectivity index (χ1v) is 12.6. The van der Waals surface area contributed by atoms with E-state index in [4.69, 9.17) is 18.9 Å². The first kappa shape index (κ1) is 28.3. The standard InChI is InChI=1S/C23H35NO10S/c1-3-35-23-20(30)21(18(28)15(33-23)11-31-10-13-7-5-4-6-8-13)34-22-16(24-12(2)26)19(29)17(27)14(9-25)32-22/h4-8,14-23,25,27-30H,3,9-11H2,1-2H3,(H,24,26)/t14-,15-,16-,17+,18+,19-,20-,21+,22+,23+/m1/s1. The summed E-state index contributed by atoms with van der Waals surface area (Å²) in [5.74, 6) is 0.106. The van der Waals surface area contributed by atoms with Crippen molar-refractivity contribution in [3.8, 4) is 0 Å². The molecule has 0 spiro atoms. The van der Waals surface area contributed by atoms with Gasteiger partial charge in [0, 0.05) is 6.92 Å². The topological polar surface area (TPSA) is 167 Å². The van der Waals surface area contributed by atoms with E-state index in [1.54, 1.807) is 0 Å². The molecule has 6 N–H and O–H groups in total. The zero-order valence-electron chi connectivity index (χ0n) is 19.7. The van der Waals surface area contributed by atoms with Gasteiger partial charge in [-0.1, -0.05) is 37.3 Å². The normalized spacial score (nSPS) is 37.7. The van der Waals surface area contributed by atoms with Crippen molar-refractivity contribution in [3.63, 3.8) is 0 Å². The number of aliphatic hydroxyl groups excluding tert-OH is 5. The third-order valence-corrected chi connectivity index (χ3v) is 6.96. The minimum Gasteiger partial charge on any atom is -0.394 e. The van der Waals surface area contributed by atoms with E-state index >= 15 is 0 Å². The van der Waals surface area contributed by atoms with Gasteiger partial charge in [-0.05, 0) is 11.3 Å². The van der Waals surface area contributed by atoms with Crippen LogP contribution < -0.4 is 5.32 Å². The number of aliphatic hydroxyl groups is 5. The molecular formula is C23H35NO10S. The van der Waals surface area contributed by atoms with Crippen LogP contribution in [0.5, 0.6) is 0 Å². The maximum atomic E-state index is 11.7. The summed E-state index contributed by atoms with van der Waals surface area (Å²) in [4.78, 5) is 11.7. The van der Waals surface area contributed by atoms with Gasteiger partial charge in [0.1, 0.15) is 54.2 Å². The van der Waals surface area contributed by atoms with Crippen molar-refractivity contribution < 1.29 is 49.3 Å². The van der Waals surface area contributed by atoms with Crippen molar-refractivity contribution >= 4 is 17.7 Å². The summed E-state index contributed by atoms with van der Waals surface area (Å²) in [5, 5.41) is 54.7. The Morgan fingerprint density at radius 1 is 1.03 bits per heavy atom. The molecule has 2 aliphatic rings. The number of thioether (sulfide) groups is 1. The molecule has 1 aromatic rings. The molecule has 1 aromatic carbocycles. The minimum atomic E-state index is -1.52. The molecule has 0 radical (unpaired) electrons. The van der Waals surface area contributed by atoms with Crippen LogP contribution in [0.25, 0.3) is 0 Å². The molecule has 10 atom stereocenters. The lowest BCUT2D eigenvalue weighted by atomic mass is 9.95. The Morgan fingerprint density at radius 2 is 1.74 bits per heavy atom. The van der Waals surface area contributed by atoms with Gasteiger partial charge in [0.15, 0.2) is 6.29 Å². The van der Waals surface area contributed by atoms with Crippen molar-refractivity contribution in [2.75, 3.05) is 19.0 Å². The summed E-state index contributed by atoms with van der Waals surface area (Å²) in [6.07, 6.45) is -10.3. The fourth-order valence-corrected chi connectivity index (χ4v) is 5.01. The highest BCUT2D eigenvalue weighted by molar-refractivity contribution is 7.99. The average Bonchev–Trinajstić information content (AvgIpc) is 2.84. The number of hydrogen-bond donors (Lipinski definition) is 6. The molecule has 11 nitrogen and oxygen atoms in total. The second kappa shape index (κ2) is 13.3. The monoisotopic (exact) mass is 517 g/mol. The molecule has 35 heavy (non-hydrogen) atoms. The van der Waals surface area contributed by atoms with Crippen LogP contribution in [0.1, 0.15) is 19.4 Å². The highest BCUT2D eigenvalue weighted by Crippen LogP contribution is 2.33. The lowest BCUT2D eigenvalue weighted by Crippen LogP contribution is -2.67. The van der Waals surface area contributed by atoms with Crippen LogP contribution in [0.2, 0.25) is 0 Å². The van der Waals surface area contributed by atoms with Crippen LogP contribution in [0, 0.1) is 0 Å². The van der Waals surface area contributed by atoms with Crippen molar-refractivity contribution in [1.82, 2.24) is 5.32 Å². The number of hydrogen-bond acceptors (Lipinski definition) is 11. The fraction of sp³-hybridized carbons (Fsp3) is 0.696. The van der Waals surface area contributed by atoms with Crippen LogP contribution in [0.4, 0.5) is 0 Å². The van der Waals surface area contributed by atoms with Crippen molar-refractivity contribution in [2.24, 2.45) is 0 Å². The highest BCUT2D eigenvalue weighted by Gasteiger charge is 2.51. The van der Waals surface area contributed by atoms with Gasteiger partial charge in [0.2, 0.25) is 5.91 Å². The van der Waals surface area contributed by atoms with Gasteiger partial charge in [-0.3, -0.25) is 4.79 Å². The average molecular weight is 518 g/mol. The SMILES string of the molecule is CCS[C@@H]1O[C@H](COCc2ccccc2)[C@H](O)[C@H](O[C@@H]2O[C@H](CO)[C@H](O)[C@H](O)[C@H]2NC(C)=O)[C@H]1O. The van der Waals surface area contributed by atoms with Crippen LogP contribution in [0.3, 0.4) is 0 Å². The summed E-state index contributed by atoms with van der Waals surface area (Å²) in [6.45, 7) is 2.81. The molecule has 0 saturated carbocycles. The number of benzene rings is 1. The number of ether oxygens (including phenoxy) is 4. The van der Waals surface area contributed by atoms with E-state index in [2.05, 4.69) is 5.32 Å². The zero-order valence-corrected chi connectivity index (χ0v) is 20.5. The molecule has 12 heteroatoms. The van der Waals surface area contributed by atoms with Gasteiger partial charge >= 0.3 is 0 Å². The smallest absolute Gasteiger partial charge is 0.217 e. The van der Waals surface area contributed by atoms with Crippen LogP contribution in [-0.4, -0.2) is 111 Å². The van der Waals surface area contributed by atoms with Gasteiger partial charge in [0.05, 0.1) is 19.8 Å². The van der Waals surface area contributed by atoms with Crippen LogP contribution in [0.15, 0.2) is 30.3 Å². The van der Waals surface area contributed by atoms with E-state index in [1.165, 1.54) is 18.7 Å². The van der Waals surface area contributed by atoms with E-state index in [0.29, 0.717) is 12.4 Å². The molecule has 0 aliphatic carbocycles. The lowest BCUT2D eigenvalue weighted by Gasteiger charge is -2.47. The molecule has 2 heterocycles. The third kappa shape index (κ3) is 7.13. The molecule has 0 bridgehead atoms. The van der Waals surface area contributed by atoms with Gasteiger partial charge in [-0.15, -0.1) is 11.8 Å². The van der Waals surface area contributed by atoms with E-state index < -0.39 is 73.0 Å². The van der Waals surface area contributed by atoms with E-state index in [-0.39, 0.29) is 6.61 Å². The Bertz CT molecular complexity index is 789. The Morgan fingerprint density at radius 3 is 2.37 bits per heavy atom. The Hall–Kier alpha value is -1.32. The summed E-state index contributed by atoms with van der Waals surface area (Å²) in [6, 6.07) is 8.27. The van der Waals surface area contributed by atoms with Gasteiger partial charge in [-0.25, -0.2) is 0 Å². The molecule has 2 aliphatic heterocycles. The minimum absolute atomic E-state index is 0.0185. The number of carbonyl (C=O) groups is 1. The van der Waals surface area contributed by atoms with E-state index in [0.717, 1.165) is 5.56 Å². The van der Waals surface area contributed by atoms with Gasteiger partial charge < -0.3 is 49.8 Å². The van der Waals surface area contributed by atoms with Crippen molar-refractivity contribution in [2.45, 2.75) is 80.9 Å². The van der Waals surface area contributed by atoms with Crippen LogP contribution in [-0.2, 0) is 30.3 Å². The van der Waals surface area contributed by atoms with E-state index in [1.807, 2.05) is 37.3 Å². The van der Waals surface area contributed by atoms with Crippen molar-refractivity contribution in [3.05, 3.63) is 35.9 Å². The number of rotatable bonds is 10. The molecule has 2 saturated heterocycles. The van der Waals surface area contributed by atoms with Crippen LogP contribution >= 0.6 is 11.8 Å². The first-order chi connectivity index (χ1) is 16.8. The summed E-state index contributed by atoms with van der Waals surface area (Å²) < 4.78 is 23.2. The molecular weight excluding hydrogens is 482 g/mol. The quantitative estimate of drug-likeness (QED) is 0.219. The molecule has 0 aromatic heterocycles.